The molecule has 0 aromatic heterocycles. The second-order valence-electron chi connectivity index (χ2n) is 5.05. The first kappa shape index (κ1) is 14.8. The van der Waals surface area contributed by atoms with Crippen molar-refractivity contribution in [3.63, 3.8) is 0 Å². The second-order valence-corrected chi connectivity index (χ2v) is 5.05. The maximum absolute atomic E-state index is 12.5. The van der Waals surface area contributed by atoms with Crippen LogP contribution >= 0.6 is 0 Å². The van der Waals surface area contributed by atoms with E-state index in [4.69, 9.17) is 0 Å². The molecular weight excluding hydrogens is 269 g/mol. The van der Waals surface area contributed by atoms with Gasteiger partial charge in [-0.3, -0.25) is 4.79 Å². The van der Waals surface area contributed by atoms with Crippen molar-refractivity contribution < 1.29 is 18.0 Å². The fraction of sp³-hybridized carbons (Fsp3) is 0.500. The van der Waals surface area contributed by atoms with Crippen LogP contribution < -0.4 is 10.6 Å². The molecule has 1 aliphatic rings. The Kier molecular flexibility index (Phi) is 4.65. The van der Waals surface area contributed by atoms with Crippen LogP contribution in [0.4, 0.5) is 13.2 Å². The van der Waals surface area contributed by atoms with Crippen molar-refractivity contribution in [3.8, 4) is 0 Å². The van der Waals surface area contributed by atoms with Crippen molar-refractivity contribution in [2.45, 2.75) is 25.6 Å². The summed E-state index contributed by atoms with van der Waals surface area (Å²) in [5.74, 6) is 0.492. The number of carbonyl (C=O) groups is 1. The van der Waals surface area contributed by atoms with E-state index in [1.807, 2.05) is 0 Å². The molecule has 0 bridgehead atoms. The summed E-state index contributed by atoms with van der Waals surface area (Å²) in [5, 5.41) is 5.63. The zero-order chi connectivity index (χ0) is 14.6. The van der Waals surface area contributed by atoms with Crippen LogP contribution in [-0.2, 0) is 17.5 Å². The number of rotatable bonds is 6. The third kappa shape index (κ3) is 4.85. The van der Waals surface area contributed by atoms with Crippen molar-refractivity contribution >= 4 is 5.91 Å². The van der Waals surface area contributed by atoms with Gasteiger partial charge in [0.2, 0.25) is 5.91 Å². The predicted octanol–water partition coefficient (Wildman–Crippen LogP) is 2.32. The van der Waals surface area contributed by atoms with Crippen LogP contribution in [-0.4, -0.2) is 19.0 Å². The zero-order valence-corrected chi connectivity index (χ0v) is 11.0. The van der Waals surface area contributed by atoms with Gasteiger partial charge in [0.25, 0.3) is 0 Å². The smallest absolute Gasteiger partial charge is 0.355 e. The highest BCUT2D eigenvalue weighted by Crippen LogP contribution is 2.29. The lowest BCUT2D eigenvalue weighted by atomic mass is 10.1. The molecule has 0 spiro atoms. The van der Waals surface area contributed by atoms with Gasteiger partial charge in [-0.25, -0.2) is 0 Å². The molecule has 20 heavy (non-hydrogen) atoms. The SMILES string of the molecule is O=C(CNCc1cccc(C(F)(F)F)c1)NCC1CC1. The number of nitrogens with one attached hydrogen (secondary N) is 2. The number of halogens is 3. The van der Waals surface area contributed by atoms with Crippen LogP contribution in [0.1, 0.15) is 24.0 Å². The largest absolute Gasteiger partial charge is 0.416 e. The molecule has 1 amide bonds. The molecular formula is C14H17F3N2O. The molecule has 1 aromatic rings. The van der Waals surface area contributed by atoms with Gasteiger partial charge in [-0.15, -0.1) is 0 Å². The molecule has 0 heterocycles. The van der Waals surface area contributed by atoms with Crippen molar-refractivity contribution in [3.05, 3.63) is 35.4 Å². The van der Waals surface area contributed by atoms with Gasteiger partial charge in [-0.05, 0) is 30.4 Å². The van der Waals surface area contributed by atoms with E-state index >= 15 is 0 Å². The molecule has 2 N–H and O–H groups in total. The summed E-state index contributed by atoms with van der Waals surface area (Å²) in [6, 6.07) is 5.10. The maximum atomic E-state index is 12.5. The first-order valence-corrected chi connectivity index (χ1v) is 6.58. The number of alkyl halides is 3. The number of hydrogen-bond donors (Lipinski definition) is 2. The molecule has 1 fully saturated rings. The summed E-state index contributed by atoms with van der Waals surface area (Å²) < 4.78 is 37.5. The summed E-state index contributed by atoms with van der Waals surface area (Å²) in [6.45, 7) is 1.05. The highest BCUT2D eigenvalue weighted by Gasteiger charge is 2.30. The Morgan fingerprint density at radius 2 is 2.05 bits per heavy atom. The van der Waals surface area contributed by atoms with Crippen molar-refractivity contribution in [2.75, 3.05) is 13.1 Å². The summed E-state index contributed by atoms with van der Waals surface area (Å²) in [7, 11) is 0. The second kappa shape index (κ2) is 6.26. The van der Waals surface area contributed by atoms with E-state index in [0.29, 0.717) is 18.0 Å². The third-order valence-electron chi connectivity index (χ3n) is 3.15. The predicted molar refractivity (Wildman–Crippen MR) is 68.9 cm³/mol. The van der Waals surface area contributed by atoms with E-state index in [2.05, 4.69) is 10.6 Å². The van der Waals surface area contributed by atoms with Gasteiger partial charge in [0, 0.05) is 13.1 Å². The van der Waals surface area contributed by atoms with E-state index < -0.39 is 11.7 Å². The summed E-state index contributed by atoms with van der Waals surface area (Å²) in [6.07, 6.45) is -2.01. The standard InChI is InChI=1S/C14H17F3N2O/c15-14(16,17)12-3-1-2-11(6-12)7-18-9-13(20)19-8-10-4-5-10/h1-3,6,10,18H,4-5,7-9H2,(H,19,20). The lowest BCUT2D eigenvalue weighted by Gasteiger charge is -2.09. The monoisotopic (exact) mass is 286 g/mol. The van der Waals surface area contributed by atoms with E-state index in [-0.39, 0.29) is 19.0 Å². The zero-order valence-electron chi connectivity index (χ0n) is 11.0. The minimum Gasteiger partial charge on any atom is -0.355 e. The van der Waals surface area contributed by atoms with Gasteiger partial charge >= 0.3 is 6.18 Å². The van der Waals surface area contributed by atoms with Crippen molar-refractivity contribution in [1.29, 1.82) is 0 Å². The quantitative estimate of drug-likeness (QED) is 0.842. The molecule has 0 saturated heterocycles. The topological polar surface area (TPSA) is 41.1 Å². The number of hydrogen-bond acceptors (Lipinski definition) is 2. The Morgan fingerprint density at radius 3 is 2.70 bits per heavy atom. The molecule has 6 heteroatoms. The Labute approximate surface area is 115 Å². The molecule has 1 aromatic carbocycles. The maximum Gasteiger partial charge on any atom is 0.416 e. The average molecular weight is 286 g/mol. The molecule has 2 rings (SSSR count). The van der Waals surface area contributed by atoms with Crippen LogP contribution in [0.15, 0.2) is 24.3 Å². The van der Waals surface area contributed by atoms with Crippen LogP contribution in [0, 0.1) is 5.92 Å². The minimum absolute atomic E-state index is 0.114. The highest BCUT2D eigenvalue weighted by molar-refractivity contribution is 5.77. The fourth-order valence-electron chi connectivity index (χ4n) is 1.82. The summed E-state index contributed by atoms with van der Waals surface area (Å²) >= 11 is 0. The normalized spacial score (nSPS) is 15.2. The fourth-order valence-corrected chi connectivity index (χ4v) is 1.82. The molecule has 0 aliphatic heterocycles. The Balaban J connectivity index is 1.74. The lowest BCUT2D eigenvalue weighted by molar-refractivity contribution is -0.137. The van der Waals surface area contributed by atoms with Crippen LogP contribution in [0.25, 0.3) is 0 Å². The lowest BCUT2D eigenvalue weighted by Crippen LogP contribution is -2.34. The number of amides is 1. The molecule has 1 aliphatic carbocycles. The van der Waals surface area contributed by atoms with Crippen LogP contribution in [0.2, 0.25) is 0 Å². The molecule has 0 radical (unpaired) electrons. The summed E-state index contributed by atoms with van der Waals surface area (Å²) in [5.41, 5.74) is -0.162. The van der Waals surface area contributed by atoms with Crippen molar-refractivity contribution in [2.24, 2.45) is 5.92 Å². The number of benzene rings is 1. The van der Waals surface area contributed by atoms with Gasteiger partial charge in [-0.2, -0.15) is 13.2 Å². The van der Waals surface area contributed by atoms with E-state index in [9.17, 15) is 18.0 Å². The minimum atomic E-state index is -4.34. The highest BCUT2D eigenvalue weighted by atomic mass is 19.4. The van der Waals surface area contributed by atoms with Crippen LogP contribution in [0.5, 0.6) is 0 Å². The first-order valence-electron chi connectivity index (χ1n) is 6.58. The van der Waals surface area contributed by atoms with Gasteiger partial charge in [0.05, 0.1) is 12.1 Å². The van der Waals surface area contributed by atoms with Crippen molar-refractivity contribution in [1.82, 2.24) is 10.6 Å². The van der Waals surface area contributed by atoms with Gasteiger partial charge in [0.15, 0.2) is 0 Å². The Hall–Kier alpha value is -1.56. The van der Waals surface area contributed by atoms with Crippen LogP contribution in [0.3, 0.4) is 0 Å². The third-order valence-corrected chi connectivity index (χ3v) is 3.15. The molecule has 1 saturated carbocycles. The van der Waals surface area contributed by atoms with E-state index in [1.54, 1.807) is 6.07 Å². The van der Waals surface area contributed by atoms with Gasteiger partial charge in [-0.1, -0.05) is 18.2 Å². The Morgan fingerprint density at radius 1 is 1.30 bits per heavy atom. The molecule has 3 nitrogen and oxygen atoms in total. The Bertz CT molecular complexity index is 470. The van der Waals surface area contributed by atoms with E-state index in [1.165, 1.54) is 6.07 Å². The van der Waals surface area contributed by atoms with Gasteiger partial charge in [0.1, 0.15) is 0 Å². The molecule has 110 valence electrons. The first-order chi connectivity index (χ1) is 9.45. The average Bonchev–Trinajstić information content (AvgIpc) is 3.20. The van der Waals surface area contributed by atoms with Gasteiger partial charge < -0.3 is 10.6 Å². The van der Waals surface area contributed by atoms with E-state index in [0.717, 1.165) is 25.0 Å². The number of carbonyl (C=O) groups excluding carboxylic acids is 1. The molecule has 0 atom stereocenters. The summed E-state index contributed by atoms with van der Waals surface area (Å²) in [4.78, 5) is 11.4. The molecule has 0 unspecified atom stereocenters.